The molecule has 728 valence electrons. The van der Waals surface area contributed by atoms with Crippen LogP contribution in [0.2, 0.25) is 0 Å². The zero-order valence-electron chi connectivity index (χ0n) is 84.0. The van der Waals surface area contributed by atoms with Crippen LogP contribution >= 0.6 is 0 Å². The highest BCUT2D eigenvalue weighted by atomic mass is 16.5. The summed E-state index contributed by atoms with van der Waals surface area (Å²) < 4.78 is 31.1. The number of fused-ring (bicyclic) bond motifs is 4. The zero-order chi connectivity index (χ0) is 100. The highest BCUT2D eigenvalue weighted by Crippen LogP contribution is 2.35. The standard InChI is InChI=1S/C29H32N8O2.C28H30N6O.C26H27N7O2.C26H27N7O/c1-19(2)22-7-5-6-8-23(22)26-30-17-24-27(31-26)37(29(38)34(24)3)18-20-9-11-21(12-10-20)25-32-28(35(4)33-25)36-13-15-39-16-14-36;1-18(2)22-8-6-7-9-23(22)26-29-16-25-27(31-26)33(28(35)32(25)5)17-20-10-12-21(13-11-20)24-14-15-30-34(24)19(3)4;1-16(2)19-8-6-7-9-20(19)23-27-14-21-24(28-23)33(26(34)31(21)3)15-17-10-12-18(13-11-17)22-29-25(35-5)32(4)30-22;1-16(2)20-8-6-7-9-21(20)23-27-14-22-25(29-23)33(26(34)31(22)4)15-18-10-12-19(13-11-18)24-28-17(3)30-32(24)5/h5-12,17,19H,13-16,18H2,1-4H3;6-16,18-19H,17H2,1-5H3;6-14,16H,15H2,1-5H3;6-14,16H,15H2,1-5H3. The Morgan fingerprint density at radius 3 is 0.979 bits per heavy atom. The van der Waals surface area contributed by atoms with Crippen molar-refractivity contribution < 1.29 is 9.47 Å². The third-order valence-electron chi connectivity index (χ3n) is 26.1. The van der Waals surface area contributed by atoms with E-state index < -0.39 is 0 Å². The molecular formula is C109H116N28O6. The largest absolute Gasteiger partial charge is 0.467 e. The minimum atomic E-state index is -0.135. The number of benzene rings is 8. The van der Waals surface area contributed by atoms with Crippen molar-refractivity contribution >= 4 is 50.6 Å². The van der Waals surface area contributed by atoms with Crippen molar-refractivity contribution in [3.63, 3.8) is 0 Å². The molecule has 0 amide bonds. The molecule has 1 aliphatic heterocycles. The minimum Gasteiger partial charge on any atom is -0.467 e. The maximum Gasteiger partial charge on any atom is 0.330 e. The third-order valence-corrected chi connectivity index (χ3v) is 26.1. The van der Waals surface area contributed by atoms with Gasteiger partial charge in [-0.15, -0.1) is 10.2 Å². The summed E-state index contributed by atoms with van der Waals surface area (Å²) in [6.07, 6.45) is 8.80. The number of aryl methyl sites for hydroxylation is 8. The van der Waals surface area contributed by atoms with Crippen LogP contribution in [0.25, 0.3) is 136 Å². The summed E-state index contributed by atoms with van der Waals surface area (Å²) in [5.74, 6) is 7.49. The van der Waals surface area contributed by atoms with Crippen LogP contribution in [-0.2, 0) is 80.2 Å². The summed E-state index contributed by atoms with van der Waals surface area (Å²) in [6, 6.07) is 67.6. The van der Waals surface area contributed by atoms with Gasteiger partial charge in [-0.3, -0.25) is 41.2 Å². The number of hydrogen-bond acceptors (Lipinski definition) is 22. The molecule has 0 spiro atoms. The van der Waals surface area contributed by atoms with Crippen LogP contribution in [-0.4, -0.2) is 164 Å². The average Bonchev–Trinajstić information content (AvgIpc) is 1.63. The summed E-state index contributed by atoms with van der Waals surface area (Å²) in [4.78, 5) is 106. The second kappa shape index (κ2) is 41.0. The van der Waals surface area contributed by atoms with Gasteiger partial charge in [0, 0.05) is 114 Å². The van der Waals surface area contributed by atoms with Gasteiger partial charge in [-0.2, -0.15) is 20.2 Å². The van der Waals surface area contributed by atoms with E-state index >= 15 is 0 Å². The normalized spacial score (nSPS) is 12.3. The van der Waals surface area contributed by atoms with E-state index in [2.05, 4.69) is 173 Å². The lowest BCUT2D eigenvalue weighted by molar-refractivity contribution is 0.121. The predicted octanol–water partition coefficient (Wildman–Crippen LogP) is 16.9. The molecule has 13 heterocycles. The molecule has 0 N–H and O–H groups in total. The lowest BCUT2D eigenvalue weighted by Gasteiger charge is -2.26. The van der Waals surface area contributed by atoms with E-state index in [1.165, 1.54) is 22.3 Å². The van der Waals surface area contributed by atoms with Crippen LogP contribution in [0.5, 0.6) is 6.01 Å². The van der Waals surface area contributed by atoms with Gasteiger partial charge in [0.15, 0.2) is 63.4 Å². The van der Waals surface area contributed by atoms with Crippen molar-refractivity contribution in [1.29, 1.82) is 0 Å². The van der Waals surface area contributed by atoms with E-state index in [1.807, 2.05) is 188 Å². The molecule has 1 aliphatic rings. The number of anilines is 1. The van der Waals surface area contributed by atoms with Crippen molar-refractivity contribution in [2.75, 3.05) is 38.3 Å². The Morgan fingerprint density at radius 1 is 0.343 bits per heavy atom. The molecule has 34 heteroatoms. The third kappa shape index (κ3) is 19.7. The molecule has 12 aromatic heterocycles. The number of aromatic nitrogens is 27. The summed E-state index contributed by atoms with van der Waals surface area (Å²) >= 11 is 0. The van der Waals surface area contributed by atoms with Crippen molar-refractivity contribution in [3.05, 3.63) is 323 Å². The molecule has 8 aromatic carbocycles. The Labute approximate surface area is 826 Å². The second-order valence-corrected chi connectivity index (χ2v) is 37.4. The highest BCUT2D eigenvalue weighted by molar-refractivity contribution is 5.79. The smallest absolute Gasteiger partial charge is 0.330 e. The molecule has 143 heavy (non-hydrogen) atoms. The van der Waals surface area contributed by atoms with Crippen LogP contribution in [0.3, 0.4) is 0 Å². The monoisotopic (exact) mass is 1910 g/mol. The number of hydrogen-bond donors (Lipinski definition) is 0. The van der Waals surface area contributed by atoms with Gasteiger partial charge in [0.05, 0.1) is 77.0 Å². The van der Waals surface area contributed by atoms with Crippen molar-refractivity contribution in [2.45, 2.75) is 132 Å². The molecule has 0 unspecified atom stereocenters. The maximum atomic E-state index is 13.2. The maximum absolute atomic E-state index is 13.2. The first-order chi connectivity index (χ1) is 68.9. The Bertz CT molecular complexity index is 8310. The fourth-order valence-corrected chi connectivity index (χ4v) is 18.3. The van der Waals surface area contributed by atoms with Crippen LogP contribution < -0.4 is 32.4 Å². The Balaban J connectivity index is 0.000000126. The topological polar surface area (TPSA) is 342 Å². The first-order valence-corrected chi connectivity index (χ1v) is 48.0. The van der Waals surface area contributed by atoms with Crippen LogP contribution in [0.4, 0.5) is 5.95 Å². The molecule has 0 radical (unpaired) electrons. The number of rotatable bonds is 23. The van der Waals surface area contributed by atoms with Crippen LogP contribution in [0.15, 0.2) is 250 Å². The van der Waals surface area contributed by atoms with E-state index in [4.69, 9.17) is 34.4 Å². The van der Waals surface area contributed by atoms with Crippen molar-refractivity contribution in [1.82, 2.24) is 130 Å². The summed E-state index contributed by atoms with van der Waals surface area (Å²) in [6.45, 7) is 28.0. The molecule has 34 nitrogen and oxygen atoms in total. The molecule has 0 atom stereocenters. The van der Waals surface area contributed by atoms with Gasteiger partial charge >= 0.3 is 28.8 Å². The quantitative estimate of drug-likeness (QED) is 0.0574. The Morgan fingerprint density at radius 2 is 0.664 bits per heavy atom. The SMILES string of the molecule is CC(C)c1ccccc1-c1ncc2c(n1)n(Cc1ccc(-c3ccnn3C(C)C)cc1)c(=O)n2C.CC(C)c1ccccc1-c1ncc2c(n1)n(Cc1ccc(-c3nc(N4CCOCC4)n(C)n3)cc1)c(=O)n2C.COc1nc(-c2ccc(Cn3c(=O)n(C)c4cnc(-c5ccccc5C(C)C)nc43)cc2)nn1C.Cc1nc(-c2ccc(Cn3c(=O)n(C)c4cnc(-c5ccccc5C(C)C)nc43)cc2)n(C)n1. The van der Waals surface area contributed by atoms with Gasteiger partial charge in [0.1, 0.15) is 27.9 Å². The molecule has 0 aliphatic carbocycles. The Hall–Kier alpha value is -16.7. The predicted molar refractivity (Wildman–Crippen MR) is 557 cm³/mol. The summed E-state index contributed by atoms with van der Waals surface area (Å²) in [7, 11) is 14.2. The molecule has 0 bridgehead atoms. The number of methoxy groups -OCH3 is 1. The van der Waals surface area contributed by atoms with Crippen molar-refractivity contribution in [2.24, 2.45) is 49.3 Å². The van der Waals surface area contributed by atoms with Gasteiger partial charge < -0.3 is 14.4 Å². The Kier molecular flexibility index (Phi) is 27.7. The number of ether oxygens (including phenoxy) is 2. The second-order valence-electron chi connectivity index (χ2n) is 37.4. The molecule has 1 fully saturated rings. The fraction of sp³-hybridized carbons (Fsp3) is 0.294. The van der Waals surface area contributed by atoms with E-state index in [1.54, 1.807) is 113 Å². The lowest BCUT2D eigenvalue weighted by Crippen LogP contribution is -2.37. The molecule has 0 saturated carbocycles. The van der Waals surface area contributed by atoms with Gasteiger partial charge in [-0.05, 0) is 101 Å². The minimum absolute atomic E-state index is 0.106. The van der Waals surface area contributed by atoms with E-state index in [0.717, 1.165) is 109 Å². The van der Waals surface area contributed by atoms with Gasteiger partial charge in [-0.25, -0.2) is 78.1 Å². The lowest BCUT2D eigenvalue weighted by atomic mass is 9.97. The van der Waals surface area contributed by atoms with Gasteiger partial charge in [-0.1, -0.05) is 250 Å². The molecule has 1 saturated heterocycles. The van der Waals surface area contributed by atoms with Gasteiger partial charge in [0.2, 0.25) is 5.95 Å². The molecule has 21 rings (SSSR count). The zero-order valence-corrected chi connectivity index (χ0v) is 84.0. The van der Waals surface area contributed by atoms with Crippen LogP contribution in [0, 0.1) is 6.92 Å². The van der Waals surface area contributed by atoms with Gasteiger partial charge in [0.25, 0.3) is 0 Å². The number of imidazole rings is 4. The van der Waals surface area contributed by atoms with Crippen molar-refractivity contribution in [3.8, 4) is 97.0 Å². The van der Waals surface area contributed by atoms with E-state index in [9.17, 15) is 19.2 Å². The van der Waals surface area contributed by atoms with Crippen LogP contribution in [0.1, 0.15) is 149 Å². The summed E-state index contributed by atoms with van der Waals surface area (Å²) in [5, 5.41) is 17.8. The number of morpholine rings is 1. The summed E-state index contributed by atoms with van der Waals surface area (Å²) in [5.41, 5.74) is 22.5. The first-order valence-electron chi connectivity index (χ1n) is 48.0. The highest BCUT2D eigenvalue weighted by Gasteiger charge is 2.27. The average molecular weight is 1910 g/mol. The fourth-order valence-electron chi connectivity index (χ4n) is 18.3. The van der Waals surface area contributed by atoms with E-state index in [0.29, 0.717) is 143 Å². The molecule has 20 aromatic rings. The first kappa shape index (κ1) is 96.6. The number of nitrogens with zero attached hydrogens (tertiary/aromatic N) is 28. The molecular weight excluding hydrogens is 1800 g/mol. The van der Waals surface area contributed by atoms with E-state index in [-0.39, 0.29) is 28.8 Å².